The van der Waals surface area contributed by atoms with Crippen LogP contribution in [-0.2, 0) is 13.8 Å². The number of ether oxygens (including phenoxy) is 1. The summed E-state index contributed by atoms with van der Waals surface area (Å²) in [6.07, 6.45) is -3.89. The topological polar surface area (TPSA) is 171 Å². The summed E-state index contributed by atoms with van der Waals surface area (Å²) in [6.45, 7) is 6.40. The molecule has 172 valence electrons. The predicted molar refractivity (Wildman–Crippen MR) is 107 cm³/mol. The second-order valence-corrected chi connectivity index (χ2v) is 9.93. The lowest BCUT2D eigenvalue weighted by Crippen LogP contribution is -2.40. The molecular formula is C18H31N2O9P. The first-order valence-electron chi connectivity index (χ1n) is 9.92. The Morgan fingerprint density at radius 1 is 1.20 bits per heavy atom. The van der Waals surface area contributed by atoms with Gasteiger partial charge in [-0.15, -0.1) is 0 Å². The lowest BCUT2D eigenvalue weighted by Gasteiger charge is -2.38. The predicted octanol–water partition coefficient (Wildman–Crippen LogP) is 0.425. The van der Waals surface area contributed by atoms with Crippen LogP contribution in [0.5, 0.6) is 0 Å². The fourth-order valence-electron chi connectivity index (χ4n) is 3.46. The molecular weight excluding hydrogens is 419 g/mol. The van der Waals surface area contributed by atoms with Crippen LogP contribution < -0.4 is 11.2 Å². The van der Waals surface area contributed by atoms with Crippen LogP contribution in [0.25, 0.3) is 0 Å². The summed E-state index contributed by atoms with van der Waals surface area (Å²) in [4.78, 5) is 35.7. The van der Waals surface area contributed by atoms with Crippen molar-refractivity contribution < 1.29 is 34.0 Å². The number of nitrogens with zero attached hydrogens (tertiary/aromatic N) is 1. The number of nitrogens with one attached hydrogen (secondary N) is 1. The quantitative estimate of drug-likeness (QED) is 0.334. The van der Waals surface area contributed by atoms with Gasteiger partial charge in [-0.3, -0.25) is 18.9 Å². The lowest BCUT2D eigenvalue weighted by molar-refractivity contribution is -0.0721. The molecule has 1 fully saturated rings. The van der Waals surface area contributed by atoms with Crippen molar-refractivity contribution in [3.63, 3.8) is 0 Å². The third kappa shape index (κ3) is 4.77. The summed E-state index contributed by atoms with van der Waals surface area (Å²) in [5.41, 5.74) is -2.71. The van der Waals surface area contributed by atoms with Gasteiger partial charge in [-0.05, 0) is 26.2 Å². The molecule has 0 aromatic carbocycles. The maximum Gasteiger partial charge on any atom is 0.359 e. The van der Waals surface area contributed by atoms with Crippen LogP contribution in [-0.4, -0.2) is 59.0 Å². The average Bonchev–Trinajstić information content (AvgIpc) is 2.94. The van der Waals surface area contributed by atoms with Gasteiger partial charge in [0.25, 0.3) is 5.56 Å². The minimum Gasteiger partial charge on any atom is -0.388 e. The van der Waals surface area contributed by atoms with Crippen LogP contribution in [0.4, 0.5) is 0 Å². The van der Waals surface area contributed by atoms with E-state index in [2.05, 4.69) is 0 Å². The highest BCUT2D eigenvalue weighted by molar-refractivity contribution is 7.54. The highest BCUT2D eigenvalue weighted by Gasteiger charge is 2.51. The summed E-state index contributed by atoms with van der Waals surface area (Å²) >= 11 is 0. The zero-order chi connectivity index (χ0) is 22.9. The van der Waals surface area contributed by atoms with E-state index in [9.17, 15) is 34.4 Å². The first kappa shape index (κ1) is 24.9. The number of rotatable bonds is 9. The third-order valence-corrected chi connectivity index (χ3v) is 8.22. The number of aliphatic hydroxyl groups excluding tert-OH is 2. The molecule has 1 aliphatic heterocycles. The van der Waals surface area contributed by atoms with Crippen molar-refractivity contribution in [1.82, 2.24) is 9.55 Å². The van der Waals surface area contributed by atoms with Crippen LogP contribution in [0.15, 0.2) is 21.9 Å². The smallest absolute Gasteiger partial charge is 0.359 e. The molecule has 1 saturated heterocycles. The second-order valence-electron chi connectivity index (χ2n) is 7.87. The second kappa shape index (κ2) is 9.04. The highest BCUT2D eigenvalue weighted by atomic mass is 31.2. The molecule has 5 N–H and O–H groups in total. The van der Waals surface area contributed by atoms with E-state index in [1.165, 1.54) is 0 Å². The lowest BCUT2D eigenvalue weighted by atomic mass is 9.93. The molecule has 30 heavy (non-hydrogen) atoms. The fraction of sp³-hybridized carbons (Fsp3) is 0.778. The monoisotopic (exact) mass is 450 g/mol. The number of aliphatic hydroxyl groups is 3. The van der Waals surface area contributed by atoms with Gasteiger partial charge < -0.3 is 29.5 Å². The van der Waals surface area contributed by atoms with Gasteiger partial charge in [0.2, 0.25) is 0 Å². The molecule has 0 bridgehead atoms. The van der Waals surface area contributed by atoms with Gasteiger partial charge in [0.1, 0.15) is 12.2 Å². The first-order chi connectivity index (χ1) is 13.8. The number of H-pyrrole nitrogens is 1. The van der Waals surface area contributed by atoms with E-state index in [1.54, 1.807) is 27.7 Å². The number of hydrogen-bond donors (Lipinski definition) is 5. The van der Waals surface area contributed by atoms with Crippen LogP contribution in [0.2, 0.25) is 0 Å². The average molecular weight is 450 g/mol. The van der Waals surface area contributed by atoms with Crippen LogP contribution >= 0.6 is 7.60 Å². The van der Waals surface area contributed by atoms with E-state index in [1.807, 2.05) is 4.98 Å². The number of hydrogen-bond acceptors (Lipinski definition) is 8. The first-order valence-corrected chi connectivity index (χ1v) is 11.5. The molecule has 1 aliphatic rings. The van der Waals surface area contributed by atoms with Crippen LogP contribution in [0.1, 0.15) is 59.6 Å². The molecule has 12 heteroatoms. The van der Waals surface area contributed by atoms with Crippen molar-refractivity contribution in [3.8, 4) is 0 Å². The Bertz CT molecular complexity index is 896. The summed E-state index contributed by atoms with van der Waals surface area (Å²) in [5, 5.41) is 29.4. The van der Waals surface area contributed by atoms with E-state index in [0.29, 0.717) is 0 Å². The third-order valence-electron chi connectivity index (χ3n) is 5.85. The highest BCUT2D eigenvalue weighted by Crippen LogP contribution is 2.60. The molecule has 11 nitrogen and oxygen atoms in total. The Hall–Kier alpha value is -1.33. The van der Waals surface area contributed by atoms with Crippen molar-refractivity contribution in [2.24, 2.45) is 0 Å². The summed E-state index contributed by atoms with van der Waals surface area (Å²) in [5.74, 6) is 0. The molecule has 2 heterocycles. The van der Waals surface area contributed by atoms with Crippen LogP contribution in [0.3, 0.4) is 0 Å². The normalized spacial score (nSPS) is 28.8. The molecule has 1 aromatic rings. The fourth-order valence-corrected chi connectivity index (χ4v) is 5.23. The van der Waals surface area contributed by atoms with Gasteiger partial charge in [0.15, 0.2) is 11.6 Å². The standard InChI is InChI=1S/C18H31N2O9P/c1-5-17(4,29-30(26,27)18(25,6-2)7-3)10-11-13(22)14(23)15(28-11)20-9-8-12(21)19-16(20)24/h8-9,11,13-15,22-23,25H,5-7,10H2,1-4H3,(H,26,27)(H,19,21,24)/t11?,13-,14-,15-,17?/m1/s1. The Labute approximate surface area is 173 Å². The number of aromatic nitrogens is 2. The van der Waals surface area contributed by atoms with E-state index < -0.39 is 54.3 Å². The molecule has 0 saturated carbocycles. The molecule has 1 aromatic heterocycles. The van der Waals surface area contributed by atoms with Gasteiger partial charge in [0, 0.05) is 18.7 Å². The SMILES string of the molecule is CCC(C)(CC1O[C@@H](n2ccc(=O)[nH]c2=O)[C@H](O)[C@@H]1O)OP(=O)(O)C(O)(CC)CC. The Balaban J connectivity index is 2.25. The molecule has 3 unspecified atom stereocenters. The van der Waals surface area contributed by atoms with Gasteiger partial charge in [-0.1, -0.05) is 20.8 Å². The molecule has 6 atom stereocenters. The molecule has 0 amide bonds. The molecule has 0 aliphatic carbocycles. The Kier molecular flexibility index (Phi) is 7.51. The molecule has 2 rings (SSSR count). The Morgan fingerprint density at radius 3 is 2.30 bits per heavy atom. The summed E-state index contributed by atoms with van der Waals surface area (Å²) in [6, 6.07) is 1.08. The van der Waals surface area contributed by atoms with E-state index in [0.717, 1.165) is 16.8 Å². The minimum absolute atomic E-state index is 0.00946. The van der Waals surface area contributed by atoms with E-state index in [4.69, 9.17) is 9.26 Å². The van der Waals surface area contributed by atoms with Crippen LogP contribution in [0, 0.1) is 0 Å². The van der Waals surface area contributed by atoms with Crippen molar-refractivity contribution >= 4 is 7.60 Å². The number of aromatic amines is 1. The van der Waals surface area contributed by atoms with Gasteiger partial charge in [-0.25, -0.2) is 4.79 Å². The van der Waals surface area contributed by atoms with Gasteiger partial charge in [-0.2, -0.15) is 0 Å². The zero-order valence-electron chi connectivity index (χ0n) is 17.5. The van der Waals surface area contributed by atoms with Crippen molar-refractivity contribution in [2.45, 2.75) is 88.9 Å². The van der Waals surface area contributed by atoms with Crippen molar-refractivity contribution in [2.75, 3.05) is 0 Å². The maximum atomic E-state index is 12.8. The van der Waals surface area contributed by atoms with Gasteiger partial charge >= 0.3 is 13.3 Å². The van der Waals surface area contributed by atoms with E-state index >= 15 is 0 Å². The largest absolute Gasteiger partial charge is 0.388 e. The van der Waals surface area contributed by atoms with Crippen molar-refractivity contribution in [3.05, 3.63) is 33.1 Å². The summed E-state index contributed by atoms with van der Waals surface area (Å²) in [7, 11) is -4.47. The molecule has 0 spiro atoms. The van der Waals surface area contributed by atoms with E-state index in [-0.39, 0.29) is 25.7 Å². The van der Waals surface area contributed by atoms with Gasteiger partial charge in [0.05, 0.1) is 11.7 Å². The minimum atomic E-state index is -4.47. The maximum absolute atomic E-state index is 12.8. The zero-order valence-corrected chi connectivity index (χ0v) is 18.4. The summed E-state index contributed by atoms with van der Waals surface area (Å²) < 4.78 is 24.9. The Morgan fingerprint density at radius 2 is 1.80 bits per heavy atom. The van der Waals surface area contributed by atoms with Crippen molar-refractivity contribution in [1.29, 1.82) is 0 Å². The molecule has 0 radical (unpaired) electrons.